The number of imide groups is 1. The van der Waals surface area contributed by atoms with E-state index in [9.17, 15) is 19.7 Å². The largest absolute Gasteiger partial charge is 0.360 e. The van der Waals surface area contributed by atoms with E-state index < -0.39 is 16.8 Å². The number of nitrogens with zero attached hydrogens (tertiary/aromatic N) is 3. The Balaban J connectivity index is 1.68. The van der Waals surface area contributed by atoms with Crippen molar-refractivity contribution in [1.82, 2.24) is 5.16 Å². The van der Waals surface area contributed by atoms with Crippen molar-refractivity contribution in [3.05, 3.63) is 52.3 Å². The molecule has 1 fully saturated rings. The Kier molecular flexibility index (Phi) is 3.98. The molecule has 2 unspecified atom stereocenters. The van der Waals surface area contributed by atoms with Crippen LogP contribution in [-0.2, 0) is 9.59 Å². The van der Waals surface area contributed by atoms with E-state index in [4.69, 9.17) is 4.52 Å². The summed E-state index contributed by atoms with van der Waals surface area (Å²) in [6, 6.07) is 5.81. The zero-order chi connectivity index (χ0) is 19.1. The van der Waals surface area contributed by atoms with Crippen LogP contribution in [0.25, 0.3) is 0 Å². The second-order valence-corrected chi connectivity index (χ2v) is 6.57. The van der Waals surface area contributed by atoms with Crippen molar-refractivity contribution >= 4 is 34.7 Å². The van der Waals surface area contributed by atoms with E-state index >= 15 is 0 Å². The molecule has 9 nitrogen and oxygen atoms in total. The second-order valence-electron chi connectivity index (χ2n) is 6.57. The standard InChI is InChI=1S/C18H16N4O5/c1-10-8-16(20-27-10)19-14-7-6-11(9-15(14)22(25)26)21-17(23)12-4-2-3-5-13(12)18(21)24/h2-3,6-9,12-13H,4-5H2,1H3,(H,19,20). The van der Waals surface area contributed by atoms with E-state index in [0.717, 1.165) is 4.90 Å². The summed E-state index contributed by atoms with van der Waals surface area (Å²) in [4.78, 5) is 37.4. The highest BCUT2D eigenvalue weighted by molar-refractivity contribution is 6.22. The molecule has 1 aromatic carbocycles. The maximum absolute atomic E-state index is 12.7. The van der Waals surface area contributed by atoms with Gasteiger partial charge in [0.1, 0.15) is 11.4 Å². The van der Waals surface area contributed by atoms with Crippen LogP contribution in [0.4, 0.5) is 22.9 Å². The van der Waals surface area contributed by atoms with Gasteiger partial charge in [-0.15, -0.1) is 0 Å². The quantitative estimate of drug-likeness (QED) is 0.381. The Morgan fingerprint density at radius 1 is 1.19 bits per heavy atom. The molecule has 0 bridgehead atoms. The van der Waals surface area contributed by atoms with Crippen molar-refractivity contribution < 1.29 is 19.0 Å². The molecule has 9 heteroatoms. The third-order valence-electron chi connectivity index (χ3n) is 4.83. The van der Waals surface area contributed by atoms with Gasteiger partial charge in [-0.2, -0.15) is 0 Å². The first-order valence-corrected chi connectivity index (χ1v) is 8.47. The minimum absolute atomic E-state index is 0.190. The molecule has 1 aliphatic heterocycles. The molecule has 0 saturated carbocycles. The number of hydrogen-bond acceptors (Lipinski definition) is 7. The van der Waals surface area contributed by atoms with Crippen LogP contribution >= 0.6 is 0 Å². The summed E-state index contributed by atoms with van der Waals surface area (Å²) in [7, 11) is 0. The fraction of sp³-hybridized carbons (Fsp3) is 0.278. The van der Waals surface area contributed by atoms with E-state index in [2.05, 4.69) is 10.5 Å². The monoisotopic (exact) mass is 368 g/mol. The molecule has 2 aromatic rings. The minimum atomic E-state index is -0.571. The molecule has 2 amide bonds. The molecule has 2 atom stereocenters. The fourth-order valence-electron chi connectivity index (χ4n) is 3.53. The molecule has 2 aliphatic rings. The number of carbonyl (C=O) groups is 2. The van der Waals surface area contributed by atoms with Crippen LogP contribution in [-0.4, -0.2) is 21.9 Å². The lowest BCUT2D eigenvalue weighted by molar-refractivity contribution is -0.383. The van der Waals surface area contributed by atoms with Crippen LogP contribution in [0.3, 0.4) is 0 Å². The molecule has 1 aromatic heterocycles. The normalized spacial score (nSPS) is 21.4. The molecular formula is C18H16N4O5. The summed E-state index contributed by atoms with van der Waals surface area (Å²) in [6.07, 6.45) is 4.81. The lowest BCUT2D eigenvalue weighted by Crippen LogP contribution is -2.30. The third kappa shape index (κ3) is 2.86. The van der Waals surface area contributed by atoms with E-state index in [0.29, 0.717) is 24.4 Å². The molecule has 0 radical (unpaired) electrons. The number of anilines is 3. The highest BCUT2D eigenvalue weighted by Crippen LogP contribution is 2.40. The second kappa shape index (κ2) is 6.35. The third-order valence-corrected chi connectivity index (χ3v) is 4.83. The average molecular weight is 368 g/mol. The Hall–Kier alpha value is -3.49. The summed E-state index contributed by atoms with van der Waals surface area (Å²) in [5.74, 6) is -0.516. The summed E-state index contributed by atoms with van der Waals surface area (Å²) >= 11 is 0. The zero-order valence-electron chi connectivity index (χ0n) is 14.4. The Labute approximate surface area is 153 Å². The van der Waals surface area contributed by atoms with Crippen molar-refractivity contribution in [2.24, 2.45) is 11.8 Å². The topological polar surface area (TPSA) is 119 Å². The molecule has 4 rings (SSSR count). The number of hydrogen-bond donors (Lipinski definition) is 1. The number of aromatic nitrogens is 1. The highest BCUT2D eigenvalue weighted by Gasteiger charge is 2.48. The van der Waals surface area contributed by atoms with E-state index in [1.807, 2.05) is 12.2 Å². The molecule has 138 valence electrons. The number of benzene rings is 1. The van der Waals surface area contributed by atoms with Gasteiger partial charge >= 0.3 is 0 Å². The average Bonchev–Trinajstić information content (AvgIpc) is 3.17. The molecule has 0 spiro atoms. The number of carbonyl (C=O) groups excluding carboxylic acids is 2. The maximum atomic E-state index is 12.7. The number of rotatable bonds is 4. The van der Waals surface area contributed by atoms with Gasteiger partial charge in [-0.05, 0) is 31.9 Å². The smallest absolute Gasteiger partial charge is 0.294 e. The number of nitro groups is 1. The molecule has 1 saturated heterocycles. The lowest BCUT2D eigenvalue weighted by atomic mass is 9.85. The fourth-order valence-corrected chi connectivity index (χ4v) is 3.53. The Morgan fingerprint density at radius 3 is 2.41 bits per heavy atom. The van der Waals surface area contributed by atoms with Gasteiger partial charge < -0.3 is 9.84 Å². The van der Waals surface area contributed by atoms with E-state index in [1.54, 1.807) is 13.0 Å². The van der Waals surface area contributed by atoms with Crippen LogP contribution in [0.2, 0.25) is 0 Å². The predicted molar refractivity (Wildman–Crippen MR) is 95.5 cm³/mol. The van der Waals surface area contributed by atoms with Crippen LogP contribution < -0.4 is 10.2 Å². The Morgan fingerprint density at radius 2 is 1.85 bits per heavy atom. The van der Waals surface area contributed by atoms with Gasteiger partial charge in [0.15, 0.2) is 5.82 Å². The number of nitro benzene ring substituents is 1. The van der Waals surface area contributed by atoms with Gasteiger partial charge in [0, 0.05) is 12.1 Å². The summed E-state index contributed by atoms with van der Waals surface area (Å²) in [5.41, 5.74) is 0.130. The van der Waals surface area contributed by atoms with Crippen LogP contribution in [0.1, 0.15) is 18.6 Å². The van der Waals surface area contributed by atoms with Crippen LogP contribution in [0.5, 0.6) is 0 Å². The number of nitrogens with one attached hydrogen (secondary N) is 1. The molecule has 1 N–H and O–H groups in total. The first kappa shape index (κ1) is 17.0. The summed E-state index contributed by atoms with van der Waals surface area (Å²) in [5, 5.41) is 18.1. The Bertz CT molecular complexity index is 954. The molecule has 27 heavy (non-hydrogen) atoms. The van der Waals surface area contributed by atoms with Crippen molar-refractivity contribution in [1.29, 1.82) is 0 Å². The minimum Gasteiger partial charge on any atom is -0.360 e. The zero-order valence-corrected chi connectivity index (χ0v) is 14.4. The first-order chi connectivity index (χ1) is 13.0. The van der Waals surface area contributed by atoms with Crippen molar-refractivity contribution in [2.45, 2.75) is 19.8 Å². The lowest BCUT2D eigenvalue weighted by Gasteiger charge is -2.15. The van der Waals surface area contributed by atoms with Gasteiger partial charge in [0.25, 0.3) is 5.69 Å². The summed E-state index contributed by atoms with van der Waals surface area (Å²) in [6.45, 7) is 1.70. The van der Waals surface area contributed by atoms with Gasteiger partial charge in [-0.1, -0.05) is 17.3 Å². The number of fused-ring (bicyclic) bond motifs is 1. The van der Waals surface area contributed by atoms with Gasteiger partial charge in [-0.25, -0.2) is 4.90 Å². The predicted octanol–water partition coefficient (Wildman–Crippen LogP) is 3.09. The van der Waals surface area contributed by atoms with Crippen molar-refractivity contribution in [2.75, 3.05) is 10.2 Å². The molecule has 1 aliphatic carbocycles. The SMILES string of the molecule is Cc1cc(Nc2ccc(N3C(=O)C4CC=CCC4C3=O)cc2[N+](=O)[O-])no1. The van der Waals surface area contributed by atoms with E-state index in [-0.39, 0.29) is 28.9 Å². The van der Waals surface area contributed by atoms with E-state index in [1.165, 1.54) is 18.2 Å². The molecule has 2 heterocycles. The highest BCUT2D eigenvalue weighted by atomic mass is 16.6. The van der Waals surface area contributed by atoms with Crippen LogP contribution in [0, 0.1) is 28.9 Å². The first-order valence-electron chi connectivity index (χ1n) is 8.47. The van der Waals surface area contributed by atoms with Crippen molar-refractivity contribution in [3.63, 3.8) is 0 Å². The molecular weight excluding hydrogens is 352 g/mol. The number of aryl methyl sites for hydroxylation is 1. The summed E-state index contributed by atoms with van der Waals surface area (Å²) < 4.78 is 4.94. The number of amides is 2. The van der Waals surface area contributed by atoms with Gasteiger partial charge in [0.2, 0.25) is 11.8 Å². The van der Waals surface area contributed by atoms with Gasteiger partial charge in [-0.3, -0.25) is 19.7 Å². The maximum Gasteiger partial charge on any atom is 0.294 e. The van der Waals surface area contributed by atoms with Crippen LogP contribution in [0.15, 0.2) is 40.9 Å². The number of allylic oxidation sites excluding steroid dienone is 2. The van der Waals surface area contributed by atoms with Gasteiger partial charge in [0.05, 0.1) is 22.4 Å². The van der Waals surface area contributed by atoms with Crippen molar-refractivity contribution in [3.8, 4) is 0 Å².